The number of benzene rings is 1. The minimum atomic E-state index is -0.704. The first-order valence-corrected chi connectivity index (χ1v) is 11.3. The van der Waals surface area contributed by atoms with Crippen molar-refractivity contribution in [3.63, 3.8) is 0 Å². The van der Waals surface area contributed by atoms with Gasteiger partial charge in [0.1, 0.15) is 0 Å². The summed E-state index contributed by atoms with van der Waals surface area (Å²) in [6.07, 6.45) is 3.22. The highest BCUT2D eigenvalue weighted by molar-refractivity contribution is 5.75. The van der Waals surface area contributed by atoms with E-state index in [0.29, 0.717) is 18.7 Å². The molecule has 2 N–H and O–H groups in total. The van der Waals surface area contributed by atoms with Crippen LogP contribution in [0.15, 0.2) is 12.1 Å². The summed E-state index contributed by atoms with van der Waals surface area (Å²) < 4.78 is 22.3. The second-order valence-electron chi connectivity index (χ2n) is 8.79. The molecule has 0 bridgehead atoms. The first kappa shape index (κ1) is 23.8. The highest BCUT2D eigenvalue weighted by Crippen LogP contribution is 2.38. The van der Waals surface area contributed by atoms with Crippen molar-refractivity contribution in [1.82, 2.24) is 10.4 Å². The average molecular weight is 450 g/mol. The Morgan fingerprint density at radius 3 is 2.38 bits per heavy atom. The number of hydrazine groups is 1. The number of nitrogens with one attached hydrogen (secondary N) is 2. The van der Waals surface area contributed by atoms with Crippen LogP contribution in [0.1, 0.15) is 58.9 Å². The van der Waals surface area contributed by atoms with Crippen LogP contribution in [-0.4, -0.2) is 55.2 Å². The number of hydrogen-bond acceptors (Lipinski definition) is 7. The predicted molar refractivity (Wildman–Crippen MR) is 120 cm³/mol. The van der Waals surface area contributed by atoms with Crippen LogP contribution in [0.4, 0.5) is 15.3 Å². The third-order valence-corrected chi connectivity index (χ3v) is 5.42. The fraction of sp³-hybridized carbons (Fsp3) is 0.652. The zero-order valence-corrected chi connectivity index (χ0v) is 19.6. The molecule has 1 heterocycles. The highest BCUT2D eigenvalue weighted by Gasteiger charge is 2.32. The fourth-order valence-electron chi connectivity index (χ4n) is 3.99. The first-order valence-electron chi connectivity index (χ1n) is 11.3. The summed E-state index contributed by atoms with van der Waals surface area (Å²) in [5.41, 5.74) is 4.43. The number of rotatable bonds is 6. The van der Waals surface area contributed by atoms with Crippen molar-refractivity contribution in [2.24, 2.45) is 0 Å². The van der Waals surface area contributed by atoms with E-state index in [1.807, 2.05) is 12.1 Å². The van der Waals surface area contributed by atoms with Gasteiger partial charge in [0.05, 0.1) is 31.5 Å². The van der Waals surface area contributed by atoms with Crippen LogP contribution in [-0.2, 0) is 15.9 Å². The molecule has 1 fully saturated rings. The molecule has 1 aliphatic carbocycles. The molecule has 3 rings (SSSR count). The number of anilines is 1. The van der Waals surface area contributed by atoms with Gasteiger partial charge in [-0.2, -0.15) is 0 Å². The molecule has 1 aliphatic heterocycles. The van der Waals surface area contributed by atoms with Crippen LogP contribution in [0.3, 0.4) is 0 Å². The summed E-state index contributed by atoms with van der Waals surface area (Å²) in [6.45, 7) is 7.43. The molecule has 9 nitrogen and oxygen atoms in total. The smallest absolute Gasteiger partial charge is 0.429 e. The van der Waals surface area contributed by atoms with Gasteiger partial charge in [-0.05, 0) is 71.4 Å². The summed E-state index contributed by atoms with van der Waals surface area (Å²) >= 11 is 0. The molecule has 0 saturated heterocycles. The maximum Gasteiger partial charge on any atom is 0.429 e. The molecule has 0 radical (unpaired) electrons. The molecule has 178 valence electrons. The zero-order chi connectivity index (χ0) is 23.3. The topological polar surface area (TPSA) is 98.4 Å². The third-order valence-electron chi connectivity index (χ3n) is 5.42. The number of carbonyl (C=O) groups is 2. The minimum absolute atomic E-state index is 0.218. The summed E-state index contributed by atoms with van der Waals surface area (Å²) in [6, 6.07) is 3.51. The average Bonchev–Trinajstić information content (AvgIpc) is 3.23. The second kappa shape index (κ2) is 10.7. The van der Waals surface area contributed by atoms with Crippen LogP contribution in [0, 0.1) is 0 Å². The van der Waals surface area contributed by atoms with Gasteiger partial charge in [-0.15, -0.1) is 0 Å². The van der Waals surface area contributed by atoms with E-state index in [0.717, 1.165) is 29.8 Å². The monoisotopic (exact) mass is 449 g/mol. The van der Waals surface area contributed by atoms with Crippen molar-refractivity contribution in [3.8, 4) is 11.5 Å². The Morgan fingerprint density at radius 1 is 1.06 bits per heavy atom. The Labute approximate surface area is 189 Å². The molecule has 1 aromatic rings. The normalized spacial score (nSPS) is 18.0. The maximum absolute atomic E-state index is 12.7. The van der Waals surface area contributed by atoms with Crippen LogP contribution in [0.5, 0.6) is 11.5 Å². The van der Waals surface area contributed by atoms with Crippen LogP contribution >= 0.6 is 0 Å². The molecule has 1 atom stereocenters. The van der Waals surface area contributed by atoms with Gasteiger partial charge < -0.3 is 24.3 Å². The summed E-state index contributed by atoms with van der Waals surface area (Å²) in [5, 5.41) is 4.56. The number of fused-ring (bicyclic) bond motifs is 1. The van der Waals surface area contributed by atoms with Gasteiger partial charge in [-0.1, -0.05) is 0 Å². The molecule has 9 heteroatoms. The predicted octanol–water partition coefficient (Wildman–Crippen LogP) is 4.25. The fourth-order valence-corrected chi connectivity index (χ4v) is 3.99. The third kappa shape index (κ3) is 6.11. The molecule has 1 saturated carbocycles. The molecular weight excluding hydrogens is 414 g/mol. The van der Waals surface area contributed by atoms with Gasteiger partial charge in [0.15, 0.2) is 11.5 Å². The summed E-state index contributed by atoms with van der Waals surface area (Å²) in [5.74, 6) is 1.38. The zero-order valence-electron chi connectivity index (χ0n) is 19.6. The number of methoxy groups -OCH3 is 1. The summed E-state index contributed by atoms with van der Waals surface area (Å²) in [7, 11) is 1.62. The van der Waals surface area contributed by atoms with Crippen LogP contribution in [0.2, 0.25) is 0 Å². The van der Waals surface area contributed by atoms with Crippen molar-refractivity contribution in [1.29, 1.82) is 0 Å². The van der Waals surface area contributed by atoms with E-state index in [1.165, 1.54) is 17.9 Å². The Bertz CT molecular complexity index is 807. The lowest BCUT2D eigenvalue weighted by Gasteiger charge is -2.35. The number of amides is 2. The van der Waals surface area contributed by atoms with E-state index < -0.39 is 12.2 Å². The Balaban J connectivity index is 1.78. The molecule has 0 spiro atoms. The van der Waals surface area contributed by atoms with E-state index in [9.17, 15) is 9.59 Å². The lowest BCUT2D eigenvalue weighted by molar-refractivity contribution is 0.0327. The van der Waals surface area contributed by atoms with Crippen molar-refractivity contribution in [3.05, 3.63) is 17.7 Å². The Morgan fingerprint density at radius 2 is 1.75 bits per heavy atom. The quantitative estimate of drug-likeness (QED) is 0.627. The minimum Gasteiger partial charge on any atom is -0.493 e. The summed E-state index contributed by atoms with van der Waals surface area (Å²) in [4.78, 5) is 24.9. The van der Waals surface area contributed by atoms with Gasteiger partial charge in [0.25, 0.3) is 0 Å². The SMILES string of the molecule is COc1cc2c(cc1OC1CCCC1)NC[C@H](N(NC(=O)OC(C)C)C(=O)OC(C)C)C2. The molecule has 2 amide bonds. The number of hydrogen-bond donors (Lipinski definition) is 2. The van der Waals surface area contributed by atoms with E-state index in [1.54, 1.807) is 34.8 Å². The van der Waals surface area contributed by atoms with Crippen LogP contribution < -0.4 is 20.2 Å². The lowest BCUT2D eigenvalue weighted by atomic mass is 9.98. The second-order valence-corrected chi connectivity index (χ2v) is 8.79. The van der Waals surface area contributed by atoms with Crippen LogP contribution in [0.25, 0.3) is 0 Å². The molecule has 32 heavy (non-hydrogen) atoms. The van der Waals surface area contributed by atoms with E-state index in [4.69, 9.17) is 18.9 Å². The van der Waals surface area contributed by atoms with Crippen molar-refractivity contribution < 1.29 is 28.5 Å². The lowest BCUT2D eigenvalue weighted by Crippen LogP contribution is -2.56. The van der Waals surface area contributed by atoms with Gasteiger partial charge >= 0.3 is 12.2 Å². The molecule has 0 unspecified atom stereocenters. The molecular formula is C23H35N3O6. The molecule has 0 aromatic heterocycles. The Hall–Kier alpha value is -2.84. The molecule has 1 aromatic carbocycles. The van der Waals surface area contributed by atoms with E-state index in [-0.39, 0.29) is 24.4 Å². The molecule has 2 aliphatic rings. The van der Waals surface area contributed by atoms with Gasteiger partial charge in [0, 0.05) is 18.3 Å². The van der Waals surface area contributed by atoms with Gasteiger partial charge in [-0.25, -0.2) is 20.0 Å². The highest BCUT2D eigenvalue weighted by atomic mass is 16.6. The van der Waals surface area contributed by atoms with Gasteiger partial charge in [-0.3, -0.25) is 0 Å². The Kier molecular flexibility index (Phi) is 7.93. The maximum atomic E-state index is 12.7. The van der Waals surface area contributed by atoms with E-state index >= 15 is 0 Å². The van der Waals surface area contributed by atoms with Crippen molar-refractivity contribution >= 4 is 17.9 Å². The van der Waals surface area contributed by atoms with Crippen molar-refractivity contribution in [2.45, 2.75) is 84.2 Å². The first-order chi connectivity index (χ1) is 15.3. The number of ether oxygens (including phenoxy) is 4. The van der Waals surface area contributed by atoms with Gasteiger partial charge in [0.2, 0.25) is 0 Å². The largest absolute Gasteiger partial charge is 0.493 e. The number of nitrogens with zero attached hydrogens (tertiary/aromatic N) is 1. The number of carbonyl (C=O) groups excluding carboxylic acids is 2. The van der Waals surface area contributed by atoms with E-state index in [2.05, 4.69) is 10.7 Å². The van der Waals surface area contributed by atoms with Crippen molar-refractivity contribution in [2.75, 3.05) is 19.0 Å². The standard InChI is InChI=1S/C23H35N3O6/c1-14(2)30-22(27)25-26(23(28)31-15(3)4)17-10-16-11-20(29-5)21(12-19(16)24-13-17)32-18-8-6-7-9-18/h11-12,14-15,17-18,24H,6-10,13H2,1-5H3,(H,25,27)/t17-/m1/s1.